The molecule has 0 saturated carbocycles. The molecule has 2 amide bonds. The van der Waals surface area contributed by atoms with E-state index in [9.17, 15) is 9.59 Å². The number of nitrogens with zero attached hydrogens (tertiary/aromatic N) is 1. The van der Waals surface area contributed by atoms with Crippen LogP contribution in [0.1, 0.15) is 36.9 Å². The highest BCUT2D eigenvalue weighted by Crippen LogP contribution is 2.20. The quantitative estimate of drug-likeness (QED) is 0.899. The van der Waals surface area contributed by atoms with E-state index < -0.39 is 0 Å². The maximum absolute atomic E-state index is 12.5. The van der Waals surface area contributed by atoms with Crippen molar-refractivity contribution in [3.63, 3.8) is 0 Å². The molecule has 2 aromatic carbocycles. The molecule has 0 bridgehead atoms. The van der Waals surface area contributed by atoms with Crippen LogP contribution >= 0.6 is 0 Å². The normalized spacial score (nSPS) is 16.1. The molecular formula is C22H26N2O2. The third kappa shape index (κ3) is 4.72. The van der Waals surface area contributed by atoms with Gasteiger partial charge in [0, 0.05) is 19.0 Å². The van der Waals surface area contributed by atoms with E-state index in [0.717, 1.165) is 24.0 Å². The number of nitrogens with one attached hydrogen (secondary N) is 1. The highest BCUT2D eigenvalue weighted by molar-refractivity contribution is 5.81. The van der Waals surface area contributed by atoms with Gasteiger partial charge in [-0.3, -0.25) is 9.59 Å². The highest BCUT2D eigenvalue weighted by atomic mass is 16.2. The van der Waals surface area contributed by atoms with E-state index >= 15 is 0 Å². The first-order valence-corrected chi connectivity index (χ1v) is 9.30. The van der Waals surface area contributed by atoms with Crippen LogP contribution in [0.15, 0.2) is 60.7 Å². The number of hydrogen-bond donors (Lipinski definition) is 1. The maximum Gasteiger partial charge on any atom is 0.226 e. The zero-order valence-electron chi connectivity index (χ0n) is 15.2. The van der Waals surface area contributed by atoms with Crippen molar-refractivity contribution in [3.05, 3.63) is 71.8 Å². The van der Waals surface area contributed by atoms with Gasteiger partial charge in [-0.15, -0.1) is 0 Å². The predicted molar refractivity (Wildman–Crippen MR) is 102 cm³/mol. The Labute approximate surface area is 155 Å². The van der Waals surface area contributed by atoms with E-state index in [2.05, 4.69) is 5.32 Å². The minimum atomic E-state index is -0.0121. The van der Waals surface area contributed by atoms with Gasteiger partial charge in [0.1, 0.15) is 0 Å². The van der Waals surface area contributed by atoms with Crippen molar-refractivity contribution < 1.29 is 9.59 Å². The van der Waals surface area contributed by atoms with Gasteiger partial charge in [0.25, 0.3) is 0 Å². The second-order valence-electron chi connectivity index (χ2n) is 6.96. The van der Waals surface area contributed by atoms with Crippen molar-refractivity contribution in [2.45, 2.75) is 32.2 Å². The fraction of sp³-hybridized carbons (Fsp3) is 0.364. The summed E-state index contributed by atoms with van der Waals surface area (Å²) in [6.45, 7) is 3.32. The maximum atomic E-state index is 12.5. The van der Waals surface area contributed by atoms with Gasteiger partial charge in [-0.25, -0.2) is 0 Å². The molecule has 0 aromatic heterocycles. The minimum Gasteiger partial charge on any atom is -0.349 e. The summed E-state index contributed by atoms with van der Waals surface area (Å²) in [5, 5.41) is 3.11. The number of likely N-dealkylation sites (tertiary alicyclic amines) is 1. The molecule has 1 heterocycles. The first-order chi connectivity index (χ1) is 12.6. The van der Waals surface area contributed by atoms with Crippen molar-refractivity contribution in [1.82, 2.24) is 10.2 Å². The number of rotatable bonds is 5. The second-order valence-corrected chi connectivity index (χ2v) is 6.96. The van der Waals surface area contributed by atoms with E-state index in [1.165, 1.54) is 0 Å². The van der Waals surface area contributed by atoms with Crippen LogP contribution in [-0.4, -0.2) is 29.8 Å². The molecule has 3 rings (SSSR count). The number of carbonyl (C=O) groups excluding carboxylic acids is 2. The first-order valence-electron chi connectivity index (χ1n) is 9.30. The van der Waals surface area contributed by atoms with Gasteiger partial charge in [0.05, 0.1) is 12.5 Å². The smallest absolute Gasteiger partial charge is 0.226 e. The van der Waals surface area contributed by atoms with Crippen LogP contribution in [0, 0.1) is 5.92 Å². The molecule has 0 aliphatic carbocycles. The van der Waals surface area contributed by atoms with Gasteiger partial charge >= 0.3 is 0 Å². The molecule has 4 heteroatoms. The van der Waals surface area contributed by atoms with E-state index in [1.54, 1.807) is 0 Å². The predicted octanol–water partition coefficient (Wildman–Crippen LogP) is 3.35. The second kappa shape index (κ2) is 8.65. The van der Waals surface area contributed by atoms with Crippen LogP contribution in [0.4, 0.5) is 0 Å². The molecule has 1 saturated heterocycles. The molecule has 1 unspecified atom stereocenters. The molecule has 0 spiro atoms. The Balaban J connectivity index is 1.47. The Bertz CT molecular complexity index is 722. The Hall–Kier alpha value is -2.62. The van der Waals surface area contributed by atoms with Gasteiger partial charge in [-0.2, -0.15) is 0 Å². The fourth-order valence-corrected chi connectivity index (χ4v) is 3.43. The molecule has 26 heavy (non-hydrogen) atoms. The number of benzene rings is 2. The summed E-state index contributed by atoms with van der Waals surface area (Å²) in [7, 11) is 0. The topological polar surface area (TPSA) is 49.4 Å². The van der Waals surface area contributed by atoms with Gasteiger partial charge in [-0.05, 0) is 30.9 Å². The zero-order valence-corrected chi connectivity index (χ0v) is 15.2. The summed E-state index contributed by atoms with van der Waals surface area (Å²) in [5.41, 5.74) is 2.14. The van der Waals surface area contributed by atoms with Crippen molar-refractivity contribution in [2.24, 2.45) is 5.92 Å². The summed E-state index contributed by atoms with van der Waals surface area (Å²) < 4.78 is 0. The van der Waals surface area contributed by atoms with Crippen LogP contribution in [-0.2, 0) is 16.0 Å². The number of hydrogen-bond acceptors (Lipinski definition) is 2. The number of carbonyl (C=O) groups is 2. The molecule has 1 N–H and O–H groups in total. The van der Waals surface area contributed by atoms with E-state index in [0.29, 0.717) is 19.5 Å². The Kier molecular flexibility index (Phi) is 6.05. The molecule has 0 radical (unpaired) electrons. The van der Waals surface area contributed by atoms with Crippen LogP contribution in [0.2, 0.25) is 0 Å². The zero-order chi connectivity index (χ0) is 18.4. The molecule has 136 valence electrons. The summed E-state index contributed by atoms with van der Waals surface area (Å²) in [6, 6.07) is 19.8. The average molecular weight is 350 g/mol. The number of amides is 2. The Morgan fingerprint density at radius 1 is 1.00 bits per heavy atom. The molecule has 1 aliphatic rings. The van der Waals surface area contributed by atoms with Crippen molar-refractivity contribution in [2.75, 3.05) is 13.1 Å². The molecule has 4 nitrogen and oxygen atoms in total. The molecular weight excluding hydrogens is 324 g/mol. The molecule has 1 aliphatic heterocycles. The van der Waals surface area contributed by atoms with Gasteiger partial charge in [0.2, 0.25) is 11.8 Å². The first kappa shape index (κ1) is 18.2. The third-order valence-electron chi connectivity index (χ3n) is 5.07. The van der Waals surface area contributed by atoms with Crippen LogP contribution in [0.25, 0.3) is 0 Å². The summed E-state index contributed by atoms with van der Waals surface area (Å²) in [6.07, 6.45) is 1.89. The van der Waals surface area contributed by atoms with Crippen molar-refractivity contribution in [1.29, 1.82) is 0 Å². The van der Waals surface area contributed by atoms with E-state index in [4.69, 9.17) is 0 Å². The van der Waals surface area contributed by atoms with Crippen LogP contribution in [0.3, 0.4) is 0 Å². The molecule has 1 fully saturated rings. The third-order valence-corrected chi connectivity index (χ3v) is 5.07. The SMILES string of the molecule is CC(NC(=O)C1CCN(C(=O)Cc2ccccc2)CC1)c1ccccc1. The summed E-state index contributed by atoms with van der Waals surface area (Å²) >= 11 is 0. The summed E-state index contributed by atoms with van der Waals surface area (Å²) in [4.78, 5) is 26.9. The van der Waals surface area contributed by atoms with Crippen LogP contribution < -0.4 is 5.32 Å². The highest BCUT2D eigenvalue weighted by Gasteiger charge is 2.28. The number of piperidine rings is 1. The van der Waals surface area contributed by atoms with Gasteiger partial charge in [-0.1, -0.05) is 60.7 Å². The van der Waals surface area contributed by atoms with E-state index in [-0.39, 0.29) is 23.8 Å². The van der Waals surface area contributed by atoms with Gasteiger partial charge in [0.15, 0.2) is 0 Å². The monoisotopic (exact) mass is 350 g/mol. The van der Waals surface area contributed by atoms with Crippen molar-refractivity contribution >= 4 is 11.8 Å². The largest absolute Gasteiger partial charge is 0.349 e. The minimum absolute atomic E-state index is 0.00134. The Morgan fingerprint density at radius 3 is 2.19 bits per heavy atom. The van der Waals surface area contributed by atoms with E-state index in [1.807, 2.05) is 72.5 Å². The molecule has 1 atom stereocenters. The lowest BCUT2D eigenvalue weighted by molar-refractivity contribution is -0.135. The lowest BCUT2D eigenvalue weighted by atomic mass is 9.94. The average Bonchev–Trinajstić information content (AvgIpc) is 2.69. The summed E-state index contributed by atoms with van der Waals surface area (Å²) in [5.74, 6) is 0.228. The molecule has 2 aromatic rings. The van der Waals surface area contributed by atoms with Crippen LogP contribution in [0.5, 0.6) is 0 Å². The lowest BCUT2D eigenvalue weighted by Crippen LogP contribution is -2.43. The van der Waals surface area contributed by atoms with Crippen molar-refractivity contribution in [3.8, 4) is 0 Å². The van der Waals surface area contributed by atoms with Gasteiger partial charge < -0.3 is 10.2 Å². The standard InChI is InChI=1S/C22H26N2O2/c1-17(19-10-6-3-7-11-19)23-22(26)20-12-14-24(15-13-20)21(25)16-18-8-4-2-5-9-18/h2-11,17,20H,12-16H2,1H3,(H,23,26). The Morgan fingerprint density at radius 2 is 1.58 bits per heavy atom. The lowest BCUT2D eigenvalue weighted by Gasteiger charge is -2.32. The fourth-order valence-electron chi connectivity index (χ4n) is 3.43.